The Morgan fingerprint density at radius 1 is 1.44 bits per heavy atom. The fourth-order valence-electron chi connectivity index (χ4n) is 1.39. The highest BCUT2D eigenvalue weighted by molar-refractivity contribution is 9.10. The van der Waals surface area contributed by atoms with Crippen molar-refractivity contribution in [2.24, 2.45) is 5.16 Å². The van der Waals surface area contributed by atoms with E-state index < -0.39 is 11.1 Å². The Labute approximate surface area is 116 Å². The number of oxime groups is 1. The number of pyridine rings is 1. The second-order valence-corrected chi connectivity index (χ2v) is 4.83. The van der Waals surface area contributed by atoms with Gasteiger partial charge in [-0.25, -0.2) is 9.37 Å². The van der Waals surface area contributed by atoms with E-state index in [1.807, 2.05) is 0 Å². The second-order valence-electron chi connectivity index (χ2n) is 3.92. The van der Waals surface area contributed by atoms with E-state index in [2.05, 4.69) is 30.9 Å². The molecule has 1 aromatic rings. The van der Waals surface area contributed by atoms with Crippen LogP contribution in [-0.4, -0.2) is 52.6 Å². The Morgan fingerprint density at radius 3 is 2.67 bits per heavy atom. The van der Waals surface area contributed by atoms with Crippen LogP contribution in [0.3, 0.4) is 0 Å². The van der Waals surface area contributed by atoms with Gasteiger partial charge in [-0.15, -0.1) is 0 Å². The van der Waals surface area contributed by atoms with E-state index in [4.69, 9.17) is 23.5 Å². The molecule has 9 heteroatoms. The first-order valence-corrected chi connectivity index (χ1v) is 5.81. The van der Waals surface area contributed by atoms with Crippen LogP contribution >= 0.6 is 15.9 Å². The summed E-state index contributed by atoms with van der Waals surface area (Å²) < 4.78 is 14.1. The van der Waals surface area contributed by atoms with Crippen molar-refractivity contribution in [3.8, 4) is 0 Å². The van der Waals surface area contributed by atoms with Crippen LogP contribution in [-0.2, 0) is 4.84 Å². The van der Waals surface area contributed by atoms with Gasteiger partial charge in [-0.3, -0.25) is 0 Å². The van der Waals surface area contributed by atoms with Gasteiger partial charge in [0, 0.05) is 16.0 Å². The zero-order valence-electron chi connectivity index (χ0n) is 9.31. The van der Waals surface area contributed by atoms with Crippen LogP contribution in [0.5, 0.6) is 0 Å². The Kier molecular flexibility index (Phi) is 3.70. The average molecular weight is 304 g/mol. The molecular formula is C9H6B3BrFN3O. The summed E-state index contributed by atoms with van der Waals surface area (Å²) in [6.07, 6.45) is 1.52. The van der Waals surface area contributed by atoms with Crippen molar-refractivity contribution in [2.45, 2.75) is 5.30 Å². The molecule has 86 valence electrons. The van der Waals surface area contributed by atoms with Crippen LogP contribution < -0.4 is 4.90 Å². The van der Waals surface area contributed by atoms with Crippen LogP contribution in [0.2, 0.25) is 0 Å². The van der Waals surface area contributed by atoms with E-state index in [9.17, 15) is 4.39 Å². The molecule has 1 saturated heterocycles. The minimum Gasteiger partial charge on any atom is -0.419 e. The molecular weight excluding hydrogens is 297 g/mol. The maximum Gasteiger partial charge on any atom is 0.166 e. The SMILES string of the molecule is [B]C([B])([B])ON=C1CN(c2ncc(Br)cc2F)C1. The predicted octanol–water partition coefficient (Wildman–Crippen LogP) is 0.293. The molecule has 0 aliphatic carbocycles. The largest absolute Gasteiger partial charge is 0.419 e. The van der Waals surface area contributed by atoms with E-state index in [-0.39, 0.29) is 5.82 Å². The van der Waals surface area contributed by atoms with Gasteiger partial charge in [0.05, 0.1) is 18.8 Å². The van der Waals surface area contributed by atoms with Crippen molar-refractivity contribution in [3.63, 3.8) is 0 Å². The molecule has 6 radical (unpaired) electrons. The molecule has 18 heavy (non-hydrogen) atoms. The fraction of sp³-hybridized carbons (Fsp3) is 0.333. The minimum atomic E-state index is -1.80. The van der Waals surface area contributed by atoms with Gasteiger partial charge in [-0.2, -0.15) is 0 Å². The maximum atomic E-state index is 13.6. The highest BCUT2D eigenvalue weighted by atomic mass is 79.9. The van der Waals surface area contributed by atoms with Crippen LogP contribution in [0.25, 0.3) is 0 Å². The van der Waals surface area contributed by atoms with Crippen LogP contribution in [0.4, 0.5) is 10.2 Å². The predicted molar refractivity (Wildman–Crippen MR) is 72.6 cm³/mol. The van der Waals surface area contributed by atoms with Crippen molar-refractivity contribution in [1.82, 2.24) is 4.98 Å². The van der Waals surface area contributed by atoms with Crippen LogP contribution in [0, 0.1) is 5.82 Å². The number of halogens is 2. The molecule has 1 fully saturated rings. The molecule has 0 atom stereocenters. The van der Waals surface area contributed by atoms with Crippen molar-refractivity contribution in [3.05, 3.63) is 22.6 Å². The van der Waals surface area contributed by atoms with Crippen LogP contribution in [0.1, 0.15) is 0 Å². The van der Waals surface area contributed by atoms with E-state index >= 15 is 0 Å². The first-order chi connectivity index (χ1) is 8.35. The quantitative estimate of drug-likeness (QED) is 0.595. The summed E-state index contributed by atoms with van der Waals surface area (Å²) in [5.74, 6) is -0.146. The minimum absolute atomic E-state index is 0.261. The van der Waals surface area contributed by atoms with Gasteiger partial charge >= 0.3 is 0 Å². The lowest BCUT2D eigenvalue weighted by molar-refractivity contribution is 0.137. The molecule has 0 amide bonds. The summed E-state index contributed by atoms with van der Waals surface area (Å²) in [5, 5.41) is 1.87. The number of hydrogen-bond acceptors (Lipinski definition) is 4. The first-order valence-electron chi connectivity index (χ1n) is 5.02. The summed E-state index contributed by atoms with van der Waals surface area (Å²) in [4.78, 5) is 10.3. The highest BCUT2D eigenvalue weighted by Crippen LogP contribution is 2.23. The monoisotopic (exact) mass is 303 g/mol. The molecule has 4 nitrogen and oxygen atoms in total. The normalized spacial score (nSPS) is 15.2. The van der Waals surface area contributed by atoms with Crippen molar-refractivity contribution in [2.75, 3.05) is 18.0 Å². The third-order valence-electron chi connectivity index (χ3n) is 2.17. The number of nitrogens with zero attached hydrogens (tertiary/aromatic N) is 3. The van der Waals surface area contributed by atoms with Gasteiger partial charge in [0.25, 0.3) is 0 Å². The number of anilines is 1. The van der Waals surface area contributed by atoms with E-state index in [1.165, 1.54) is 12.3 Å². The average Bonchev–Trinajstić information content (AvgIpc) is 2.16. The van der Waals surface area contributed by atoms with Gasteiger partial charge < -0.3 is 9.74 Å². The standard InChI is InChI=1S/C9H6B3BrFN3O/c10-9(11,12)18-16-6-3-17(4-6)8-7(14)1-5(13)2-15-8/h1-2H,3-4H2. The van der Waals surface area contributed by atoms with Crippen LogP contribution in [0.15, 0.2) is 21.9 Å². The van der Waals surface area contributed by atoms with E-state index in [0.717, 1.165) is 0 Å². The molecule has 2 rings (SSSR count). The third kappa shape index (κ3) is 3.28. The van der Waals surface area contributed by atoms with Crippen molar-refractivity contribution >= 4 is 51.0 Å². The summed E-state index contributed by atoms with van der Waals surface area (Å²) in [5.41, 5.74) is 0.657. The second kappa shape index (κ2) is 4.95. The maximum absolute atomic E-state index is 13.6. The highest BCUT2D eigenvalue weighted by Gasteiger charge is 2.26. The Balaban J connectivity index is 1.96. The zero-order valence-corrected chi connectivity index (χ0v) is 10.9. The topological polar surface area (TPSA) is 37.7 Å². The molecule has 0 saturated carbocycles. The number of aromatic nitrogens is 1. The molecule has 0 unspecified atom stereocenters. The lowest BCUT2D eigenvalue weighted by Gasteiger charge is -2.34. The lowest BCUT2D eigenvalue weighted by Crippen LogP contribution is -2.49. The Hall–Kier alpha value is -0.975. The molecule has 0 aromatic carbocycles. The molecule has 1 aliphatic heterocycles. The van der Waals surface area contributed by atoms with Gasteiger partial charge in [0.2, 0.25) is 0 Å². The van der Waals surface area contributed by atoms with Crippen molar-refractivity contribution < 1.29 is 9.23 Å². The molecule has 1 aliphatic rings. The Bertz CT molecular complexity index is 486. The van der Waals surface area contributed by atoms with Crippen molar-refractivity contribution in [1.29, 1.82) is 0 Å². The fourth-order valence-corrected chi connectivity index (χ4v) is 1.69. The lowest BCUT2D eigenvalue weighted by atomic mass is 9.52. The summed E-state index contributed by atoms with van der Waals surface area (Å²) in [6.45, 7) is 0.781. The smallest absolute Gasteiger partial charge is 0.166 e. The zero-order chi connectivity index (χ0) is 13.3. The van der Waals surface area contributed by atoms with Gasteiger partial charge in [-0.05, 0) is 22.0 Å². The summed E-state index contributed by atoms with van der Waals surface area (Å²) in [6, 6.07) is 1.35. The molecule has 0 bridgehead atoms. The third-order valence-corrected chi connectivity index (χ3v) is 2.60. The van der Waals surface area contributed by atoms with Gasteiger partial charge in [0.1, 0.15) is 23.5 Å². The molecule has 0 spiro atoms. The summed E-state index contributed by atoms with van der Waals surface area (Å²) in [7, 11) is 15.6. The molecule has 0 N–H and O–H groups in total. The Morgan fingerprint density at radius 2 is 2.11 bits per heavy atom. The number of hydrogen-bond donors (Lipinski definition) is 0. The van der Waals surface area contributed by atoms with Gasteiger partial charge in [-0.1, -0.05) is 5.16 Å². The molecule has 1 aromatic heterocycles. The number of rotatable bonds is 3. The van der Waals surface area contributed by atoms with E-state index in [1.54, 1.807) is 4.90 Å². The summed E-state index contributed by atoms with van der Waals surface area (Å²) >= 11 is 3.14. The first kappa shape index (κ1) is 13.5. The van der Waals surface area contributed by atoms with E-state index in [0.29, 0.717) is 23.3 Å². The molecule has 2 heterocycles. The van der Waals surface area contributed by atoms with Gasteiger partial charge in [0.15, 0.2) is 11.6 Å².